The highest BCUT2D eigenvalue weighted by Gasteiger charge is 2.43. The molecule has 0 fully saturated rings. The summed E-state index contributed by atoms with van der Waals surface area (Å²) in [6.45, 7) is 11.7. The lowest BCUT2D eigenvalue weighted by Crippen LogP contribution is -2.43. The minimum absolute atomic E-state index is 0.0297. The Morgan fingerprint density at radius 1 is 1.17 bits per heavy atom. The van der Waals surface area contributed by atoms with Gasteiger partial charge < -0.3 is 19.3 Å². The summed E-state index contributed by atoms with van der Waals surface area (Å²) in [4.78, 5) is 16.1. The lowest BCUT2D eigenvalue weighted by atomic mass is 9.81. The average molecular weight is 493 g/mol. The molecule has 0 aliphatic heterocycles. The first-order valence-electron chi connectivity index (χ1n) is 12.3. The van der Waals surface area contributed by atoms with E-state index in [0.29, 0.717) is 12.5 Å². The molecule has 2 atom stereocenters. The number of hydrogen-bond acceptors (Lipinski definition) is 5. The Morgan fingerprint density at radius 2 is 1.91 bits per heavy atom. The molecule has 3 aromatic rings. The van der Waals surface area contributed by atoms with Gasteiger partial charge in [-0.3, -0.25) is 4.79 Å². The summed E-state index contributed by atoms with van der Waals surface area (Å²) < 4.78 is 18.7. The fraction of sp³-hybridized carbons (Fsp3) is 0.429. The van der Waals surface area contributed by atoms with E-state index in [1.807, 2.05) is 24.3 Å². The number of benzene rings is 2. The van der Waals surface area contributed by atoms with Crippen LogP contribution in [-0.4, -0.2) is 19.2 Å². The van der Waals surface area contributed by atoms with E-state index in [4.69, 9.17) is 19.3 Å². The van der Waals surface area contributed by atoms with Crippen LogP contribution in [0.4, 0.5) is 0 Å². The predicted octanol–water partition coefficient (Wildman–Crippen LogP) is 6.22. The monoisotopic (exact) mass is 492 g/mol. The number of fused-ring (bicyclic) bond motifs is 1. The van der Waals surface area contributed by atoms with Crippen LogP contribution >= 0.6 is 0 Å². The fourth-order valence-electron chi connectivity index (χ4n) is 4.22. The van der Waals surface area contributed by atoms with E-state index >= 15 is 0 Å². The number of rotatable bonds is 8. The van der Waals surface area contributed by atoms with Gasteiger partial charge in [0.25, 0.3) is 5.91 Å². The van der Waals surface area contributed by atoms with Crippen LogP contribution in [0.25, 0.3) is 0 Å². The number of nitrogens with two attached hydrogens (primary N) is 1. The molecule has 0 bridgehead atoms. The minimum atomic E-state index is -2.13. The van der Waals surface area contributed by atoms with Crippen molar-refractivity contribution in [3.63, 3.8) is 0 Å². The molecular formula is C28H36N2O4Si. The van der Waals surface area contributed by atoms with E-state index in [-0.39, 0.29) is 22.8 Å². The van der Waals surface area contributed by atoms with Crippen molar-refractivity contribution in [3.8, 4) is 5.75 Å². The summed E-state index contributed by atoms with van der Waals surface area (Å²) in [5, 5.41) is 0.0297. The summed E-state index contributed by atoms with van der Waals surface area (Å²) >= 11 is 0. The van der Waals surface area contributed by atoms with Gasteiger partial charge in [-0.25, -0.2) is 4.98 Å². The molecule has 35 heavy (non-hydrogen) atoms. The Bertz CT molecular complexity index is 1170. The Balaban J connectivity index is 1.54. The van der Waals surface area contributed by atoms with Crippen molar-refractivity contribution < 1.29 is 18.4 Å². The molecule has 0 saturated heterocycles. The highest BCUT2D eigenvalue weighted by atomic mass is 28.4. The summed E-state index contributed by atoms with van der Waals surface area (Å²) in [6, 6.07) is 16.6. The first kappa shape index (κ1) is 25.2. The number of nitrogens with zero attached hydrogens (tertiary/aromatic N) is 1. The first-order valence-corrected chi connectivity index (χ1v) is 15.2. The molecule has 0 radical (unpaired) electrons. The van der Waals surface area contributed by atoms with Crippen molar-refractivity contribution in [1.82, 2.24) is 4.98 Å². The van der Waals surface area contributed by atoms with Crippen LogP contribution in [0.1, 0.15) is 66.4 Å². The van der Waals surface area contributed by atoms with E-state index in [1.165, 1.54) is 17.3 Å². The van der Waals surface area contributed by atoms with E-state index in [1.54, 1.807) is 0 Å². The molecule has 6 nitrogen and oxygen atoms in total. The van der Waals surface area contributed by atoms with Crippen molar-refractivity contribution >= 4 is 14.2 Å². The summed E-state index contributed by atoms with van der Waals surface area (Å²) in [5.41, 5.74) is 9.17. The molecule has 2 unspecified atom stereocenters. The molecule has 1 heterocycles. The molecule has 1 aliphatic rings. The molecule has 4 rings (SSSR count). The van der Waals surface area contributed by atoms with Gasteiger partial charge in [0.2, 0.25) is 11.7 Å². The zero-order valence-electron chi connectivity index (χ0n) is 21.3. The molecule has 7 heteroatoms. The van der Waals surface area contributed by atoms with Crippen molar-refractivity contribution in [1.29, 1.82) is 0 Å². The molecule has 2 aromatic carbocycles. The van der Waals surface area contributed by atoms with Crippen molar-refractivity contribution in [2.45, 2.75) is 70.9 Å². The topological polar surface area (TPSA) is 87.6 Å². The highest BCUT2D eigenvalue weighted by Crippen LogP contribution is 2.44. The van der Waals surface area contributed by atoms with E-state index in [2.05, 4.69) is 63.1 Å². The molecule has 1 aromatic heterocycles. The maximum absolute atomic E-state index is 11.6. The van der Waals surface area contributed by atoms with Gasteiger partial charge in [0.1, 0.15) is 18.5 Å². The Labute approximate surface area is 209 Å². The first-order chi connectivity index (χ1) is 16.5. The zero-order valence-corrected chi connectivity index (χ0v) is 22.3. The average Bonchev–Trinajstić information content (AvgIpc) is 3.31. The normalized spacial score (nSPS) is 17.0. The van der Waals surface area contributed by atoms with E-state index in [0.717, 1.165) is 30.6 Å². The predicted molar refractivity (Wildman–Crippen MR) is 139 cm³/mol. The van der Waals surface area contributed by atoms with E-state index < -0.39 is 14.2 Å². The number of ether oxygens (including phenoxy) is 1. The van der Waals surface area contributed by atoms with Crippen LogP contribution in [0.3, 0.4) is 0 Å². The number of primary amides is 1. The molecule has 1 aliphatic carbocycles. The lowest BCUT2D eigenvalue weighted by Gasteiger charge is -2.41. The van der Waals surface area contributed by atoms with Crippen LogP contribution in [0, 0.1) is 5.92 Å². The molecule has 0 spiro atoms. The van der Waals surface area contributed by atoms with Gasteiger partial charge in [-0.05, 0) is 72.1 Å². The van der Waals surface area contributed by atoms with Crippen LogP contribution in [0.2, 0.25) is 18.1 Å². The quantitative estimate of drug-likeness (QED) is 0.377. The number of aromatic nitrogens is 1. The van der Waals surface area contributed by atoms with Crippen molar-refractivity contribution in [2.75, 3.05) is 0 Å². The second kappa shape index (κ2) is 9.99. The maximum Gasteiger partial charge on any atom is 0.286 e. The van der Waals surface area contributed by atoms with Crippen molar-refractivity contribution in [2.24, 2.45) is 11.7 Å². The van der Waals surface area contributed by atoms with Gasteiger partial charge in [0.05, 0.1) is 6.20 Å². The van der Waals surface area contributed by atoms with E-state index in [9.17, 15) is 4.79 Å². The SMILES string of the molecule is CC(C)(C)[Si](C)(C)OC(c1ncc(C(N)=O)o1)C1CCc2cc(OCc3ccccc3)ccc2C1. The van der Waals surface area contributed by atoms with Gasteiger partial charge in [0.15, 0.2) is 8.32 Å². The molecule has 0 saturated carbocycles. The number of aryl methyl sites for hydroxylation is 1. The van der Waals surface area contributed by atoms with Crippen LogP contribution in [-0.2, 0) is 23.9 Å². The number of carbonyl (C=O) groups is 1. The third-order valence-electron chi connectivity index (χ3n) is 7.36. The third-order valence-corrected chi connectivity index (χ3v) is 11.8. The maximum atomic E-state index is 11.6. The van der Waals surface area contributed by atoms with Crippen molar-refractivity contribution in [3.05, 3.63) is 83.1 Å². The number of oxazole rings is 1. The summed E-state index contributed by atoms with van der Waals surface area (Å²) in [7, 11) is -2.13. The van der Waals surface area contributed by atoms with Crippen LogP contribution < -0.4 is 10.5 Å². The van der Waals surface area contributed by atoms with Gasteiger partial charge in [-0.1, -0.05) is 57.2 Å². The summed E-state index contributed by atoms with van der Waals surface area (Å²) in [6.07, 6.45) is 3.78. The number of hydrogen-bond donors (Lipinski definition) is 1. The zero-order chi connectivity index (χ0) is 25.2. The van der Waals surface area contributed by atoms with Gasteiger partial charge >= 0.3 is 0 Å². The lowest BCUT2D eigenvalue weighted by molar-refractivity contribution is 0.0789. The molecular weight excluding hydrogens is 456 g/mol. The Kier molecular flexibility index (Phi) is 7.19. The molecule has 2 N–H and O–H groups in total. The van der Waals surface area contributed by atoms with Gasteiger partial charge in [-0.15, -0.1) is 0 Å². The number of amides is 1. The largest absolute Gasteiger partial charge is 0.489 e. The second-order valence-corrected chi connectivity index (χ2v) is 15.7. The number of carbonyl (C=O) groups excluding carboxylic acids is 1. The molecule has 186 valence electrons. The fourth-order valence-corrected chi connectivity index (χ4v) is 5.51. The minimum Gasteiger partial charge on any atom is -0.489 e. The molecule has 1 amide bonds. The second-order valence-electron chi connectivity index (χ2n) is 10.9. The Morgan fingerprint density at radius 3 is 2.57 bits per heavy atom. The third kappa shape index (κ3) is 5.85. The van der Waals surface area contributed by atoms with Gasteiger partial charge in [0, 0.05) is 0 Å². The Hall–Kier alpha value is -2.90. The van der Waals surface area contributed by atoms with Gasteiger partial charge in [-0.2, -0.15) is 0 Å². The highest BCUT2D eigenvalue weighted by molar-refractivity contribution is 6.74. The standard InChI is InChI=1S/C28H36N2O4Si/c1-28(2,3)35(4,5)34-25(27-30-17-24(33-27)26(29)31)22-12-11-21-16-23(14-13-20(21)15-22)32-18-19-9-7-6-8-10-19/h6-10,13-14,16-17,22,25H,11-12,15,18H2,1-5H3,(H2,29,31). The van der Waals surface area contributed by atoms with Crippen LogP contribution in [0.15, 0.2) is 59.1 Å². The van der Waals surface area contributed by atoms with Crippen LogP contribution in [0.5, 0.6) is 5.75 Å². The smallest absolute Gasteiger partial charge is 0.286 e. The summed E-state index contributed by atoms with van der Waals surface area (Å²) in [5.74, 6) is 0.970.